The Hall–Kier alpha value is -2.64. The zero-order valence-electron chi connectivity index (χ0n) is 10.7. The molecule has 1 saturated heterocycles. The lowest BCUT2D eigenvalue weighted by Gasteiger charge is -2.14. The fourth-order valence-electron chi connectivity index (χ4n) is 2.11. The van der Waals surface area contributed by atoms with E-state index >= 15 is 0 Å². The van der Waals surface area contributed by atoms with E-state index < -0.39 is 0 Å². The van der Waals surface area contributed by atoms with E-state index in [1.807, 2.05) is 0 Å². The Morgan fingerprint density at radius 2 is 2.20 bits per heavy atom. The topological polar surface area (TPSA) is 103 Å². The molecule has 0 bridgehead atoms. The van der Waals surface area contributed by atoms with Crippen molar-refractivity contribution in [3.63, 3.8) is 0 Å². The van der Waals surface area contributed by atoms with E-state index in [4.69, 9.17) is 0 Å². The van der Waals surface area contributed by atoms with Crippen molar-refractivity contribution in [2.24, 2.45) is 0 Å². The Labute approximate surface area is 114 Å². The third kappa shape index (κ3) is 2.40. The summed E-state index contributed by atoms with van der Waals surface area (Å²) in [6.07, 6.45) is 0. The van der Waals surface area contributed by atoms with Crippen molar-refractivity contribution in [3.8, 4) is 0 Å². The average Bonchev–Trinajstić information content (AvgIpc) is 3.07. The van der Waals surface area contributed by atoms with Crippen LogP contribution in [-0.4, -0.2) is 58.4 Å². The molecule has 1 aromatic heterocycles. The van der Waals surface area contributed by atoms with Gasteiger partial charge in [-0.1, -0.05) is 0 Å². The van der Waals surface area contributed by atoms with Gasteiger partial charge in [0.1, 0.15) is 11.0 Å². The molecule has 1 aromatic carbocycles. The first-order chi connectivity index (χ1) is 9.74. The van der Waals surface area contributed by atoms with E-state index in [9.17, 15) is 9.59 Å². The van der Waals surface area contributed by atoms with Crippen LogP contribution in [0.4, 0.5) is 4.79 Å². The number of carbonyl (C=O) groups is 2. The molecule has 0 aliphatic carbocycles. The summed E-state index contributed by atoms with van der Waals surface area (Å²) in [6.45, 7) is 2.27. The Morgan fingerprint density at radius 3 is 3.00 bits per heavy atom. The van der Waals surface area contributed by atoms with Gasteiger partial charge in [-0.2, -0.15) is 15.4 Å². The molecule has 1 fully saturated rings. The smallest absolute Gasteiger partial charge is 0.317 e. The number of fused-ring (bicyclic) bond motifs is 1. The van der Waals surface area contributed by atoms with Gasteiger partial charge in [0, 0.05) is 31.7 Å². The molecule has 0 atom stereocenters. The maximum atomic E-state index is 12.0. The number of nitrogens with zero attached hydrogens (tertiary/aromatic N) is 3. The number of rotatable bonds is 4. The quantitative estimate of drug-likeness (QED) is 0.713. The van der Waals surface area contributed by atoms with Crippen molar-refractivity contribution < 1.29 is 9.59 Å². The van der Waals surface area contributed by atoms with Gasteiger partial charge in [0.15, 0.2) is 0 Å². The van der Waals surface area contributed by atoms with Crippen LogP contribution < -0.4 is 10.6 Å². The fraction of sp³-hybridized carbons (Fsp3) is 0.333. The summed E-state index contributed by atoms with van der Waals surface area (Å²) >= 11 is 0. The van der Waals surface area contributed by atoms with Gasteiger partial charge >= 0.3 is 6.03 Å². The third-order valence-electron chi connectivity index (χ3n) is 3.19. The Morgan fingerprint density at radius 1 is 1.35 bits per heavy atom. The molecule has 20 heavy (non-hydrogen) atoms. The number of aromatic nitrogens is 3. The highest BCUT2D eigenvalue weighted by molar-refractivity contribution is 5.97. The van der Waals surface area contributed by atoms with Crippen LogP contribution in [0.3, 0.4) is 0 Å². The summed E-state index contributed by atoms with van der Waals surface area (Å²) < 4.78 is 0. The second-order valence-corrected chi connectivity index (χ2v) is 4.50. The van der Waals surface area contributed by atoms with Gasteiger partial charge in [0.2, 0.25) is 0 Å². The minimum absolute atomic E-state index is 0.0803. The van der Waals surface area contributed by atoms with Gasteiger partial charge in [-0.3, -0.25) is 4.79 Å². The number of carbonyl (C=O) groups excluding carboxylic acids is 2. The van der Waals surface area contributed by atoms with Crippen LogP contribution in [0.25, 0.3) is 11.0 Å². The molecule has 8 heteroatoms. The fourth-order valence-corrected chi connectivity index (χ4v) is 2.11. The van der Waals surface area contributed by atoms with Crippen molar-refractivity contribution in [3.05, 3.63) is 23.8 Å². The summed E-state index contributed by atoms with van der Waals surface area (Å²) in [5, 5.41) is 15.9. The second kappa shape index (κ2) is 5.16. The van der Waals surface area contributed by atoms with E-state index in [-0.39, 0.29) is 11.9 Å². The van der Waals surface area contributed by atoms with Crippen LogP contribution in [0, 0.1) is 0 Å². The van der Waals surface area contributed by atoms with Crippen molar-refractivity contribution in [1.82, 2.24) is 30.9 Å². The first-order valence-electron chi connectivity index (χ1n) is 6.35. The summed E-state index contributed by atoms with van der Waals surface area (Å²) in [7, 11) is 0. The van der Waals surface area contributed by atoms with Gasteiger partial charge in [0.25, 0.3) is 5.91 Å². The molecule has 0 saturated carbocycles. The first-order valence-corrected chi connectivity index (χ1v) is 6.35. The lowest BCUT2D eigenvalue weighted by Crippen LogP contribution is -2.36. The van der Waals surface area contributed by atoms with Crippen LogP contribution in [0.15, 0.2) is 18.2 Å². The van der Waals surface area contributed by atoms with E-state index in [0.29, 0.717) is 37.3 Å². The number of hydrogen-bond donors (Lipinski definition) is 3. The average molecular weight is 274 g/mol. The minimum atomic E-state index is -0.186. The standard InChI is InChI=1S/C12H14N6O2/c19-11(13-3-5-18-6-4-14-12(18)20)8-1-2-9-10(7-8)16-17-15-9/h1-2,7H,3-6H2,(H,13,19)(H,14,20)(H,15,16,17). The molecule has 0 unspecified atom stereocenters. The predicted octanol–water partition coefficient (Wildman–Crippen LogP) is -0.287. The molecule has 104 valence electrons. The molecular weight excluding hydrogens is 260 g/mol. The number of amides is 3. The monoisotopic (exact) mass is 274 g/mol. The van der Waals surface area contributed by atoms with Gasteiger partial charge in [-0.25, -0.2) is 4.79 Å². The molecule has 8 nitrogen and oxygen atoms in total. The van der Waals surface area contributed by atoms with Crippen molar-refractivity contribution in [2.45, 2.75) is 0 Å². The normalized spacial score (nSPS) is 14.6. The number of urea groups is 1. The van der Waals surface area contributed by atoms with Crippen LogP contribution in [0.5, 0.6) is 0 Å². The molecule has 3 N–H and O–H groups in total. The molecule has 2 heterocycles. The Bertz CT molecular complexity index is 652. The summed E-state index contributed by atoms with van der Waals surface area (Å²) in [6, 6.07) is 5.03. The van der Waals surface area contributed by atoms with E-state index in [2.05, 4.69) is 26.0 Å². The summed E-state index contributed by atoms with van der Waals surface area (Å²) in [5.41, 5.74) is 1.89. The van der Waals surface area contributed by atoms with Crippen LogP contribution in [0.1, 0.15) is 10.4 Å². The van der Waals surface area contributed by atoms with E-state index in [1.165, 1.54) is 0 Å². The zero-order valence-corrected chi connectivity index (χ0v) is 10.7. The zero-order chi connectivity index (χ0) is 13.9. The maximum absolute atomic E-state index is 12.0. The highest BCUT2D eigenvalue weighted by atomic mass is 16.2. The number of hydrogen-bond acceptors (Lipinski definition) is 4. The third-order valence-corrected chi connectivity index (χ3v) is 3.19. The van der Waals surface area contributed by atoms with Gasteiger partial charge in [-0.15, -0.1) is 0 Å². The van der Waals surface area contributed by atoms with Crippen LogP contribution in [-0.2, 0) is 0 Å². The maximum Gasteiger partial charge on any atom is 0.317 e. The minimum Gasteiger partial charge on any atom is -0.350 e. The SMILES string of the molecule is O=C(NCCN1CCNC1=O)c1ccc2n[nH]nc2c1. The molecule has 0 radical (unpaired) electrons. The number of aromatic amines is 1. The molecule has 0 spiro atoms. The Kier molecular flexibility index (Phi) is 3.20. The van der Waals surface area contributed by atoms with Crippen molar-refractivity contribution in [1.29, 1.82) is 0 Å². The second-order valence-electron chi connectivity index (χ2n) is 4.50. The van der Waals surface area contributed by atoms with Gasteiger partial charge in [0.05, 0.1) is 0 Å². The molecule has 1 aliphatic rings. The highest BCUT2D eigenvalue weighted by Crippen LogP contribution is 2.10. The number of H-pyrrole nitrogens is 1. The van der Waals surface area contributed by atoms with Gasteiger partial charge in [-0.05, 0) is 18.2 Å². The molecule has 3 rings (SSSR count). The molecule has 1 aliphatic heterocycles. The first kappa shape index (κ1) is 12.4. The summed E-state index contributed by atoms with van der Waals surface area (Å²) in [4.78, 5) is 25.0. The summed E-state index contributed by atoms with van der Waals surface area (Å²) in [5.74, 6) is -0.186. The van der Waals surface area contributed by atoms with Crippen LogP contribution in [0.2, 0.25) is 0 Å². The largest absolute Gasteiger partial charge is 0.350 e. The lowest BCUT2D eigenvalue weighted by atomic mass is 10.2. The van der Waals surface area contributed by atoms with Gasteiger partial charge < -0.3 is 15.5 Å². The predicted molar refractivity (Wildman–Crippen MR) is 71.2 cm³/mol. The van der Waals surface area contributed by atoms with Crippen molar-refractivity contribution in [2.75, 3.05) is 26.2 Å². The number of benzene rings is 1. The Balaban J connectivity index is 1.57. The highest BCUT2D eigenvalue weighted by Gasteiger charge is 2.18. The molecule has 3 amide bonds. The van der Waals surface area contributed by atoms with Crippen molar-refractivity contribution >= 4 is 23.0 Å². The molecular formula is C12H14N6O2. The molecule has 2 aromatic rings. The van der Waals surface area contributed by atoms with Crippen LogP contribution >= 0.6 is 0 Å². The van der Waals surface area contributed by atoms with E-state index in [1.54, 1.807) is 23.1 Å². The number of nitrogens with one attached hydrogen (secondary N) is 3. The van der Waals surface area contributed by atoms with E-state index in [0.717, 1.165) is 5.52 Å². The lowest BCUT2D eigenvalue weighted by molar-refractivity contribution is 0.0950.